The van der Waals surface area contributed by atoms with E-state index in [2.05, 4.69) is 18.7 Å². The van der Waals surface area contributed by atoms with E-state index in [1.165, 1.54) is 0 Å². The van der Waals surface area contributed by atoms with E-state index in [-0.39, 0.29) is 5.78 Å². The van der Waals surface area contributed by atoms with Crippen molar-refractivity contribution in [2.24, 2.45) is 0 Å². The Morgan fingerprint density at radius 3 is 2.06 bits per heavy atom. The minimum Gasteiger partial charge on any atom is -0.292 e. The summed E-state index contributed by atoms with van der Waals surface area (Å²) in [4.78, 5) is 14.6. The van der Waals surface area contributed by atoms with Crippen molar-refractivity contribution in [3.8, 4) is 0 Å². The van der Waals surface area contributed by atoms with Crippen molar-refractivity contribution >= 4 is 5.78 Å². The molecule has 0 saturated heterocycles. The fourth-order valence-corrected chi connectivity index (χ4v) is 2.10. The van der Waals surface area contributed by atoms with Crippen LogP contribution in [0.5, 0.6) is 0 Å². The molecule has 0 spiro atoms. The Hall–Kier alpha value is -1.15. The van der Waals surface area contributed by atoms with Gasteiger partial charge in [0, 0.05) is 5.56 Å². The van der Waals surface area contributed by atoms with Gasteiger partial charge < -0.3 is 0 Å². The van der Waals surface area contributed by atoms with E-state index in [1.807, 2.05) is 44.2 Å². The Balaban J connectivity index is 2.96. The summed E-state index contributed by atoms with van der Waals surface area (Å²) < 4.78 is 0. The molecule has 16 heavy (non-hydrogen) atoms. The zero-order valence-electron chi connectivity index (χ0n) is 10.7. The molecule has 1 rings (SSSR count). The second-order valence-electron chi connectivity index (χ2n) is 4.43. The van der Waals surface area contributed by atoms with Crippen molar-refractivity contribution in [1.29, 1.82) is 0 Å². The number of benzene rings is 1. The van der Waals surface area contributed by atoms with Crippen molar-refractivity contribution in [2.75, 3.05) is 13.1 Å². The van der Waals surface area contributed by atoms with Gasteiger partial charge >= 0.3 is 0 Å². The van der Waals surface area contributed by atoms with Gasteiger partial charge in [-0.15, -0.1) is 0 Å². The summed E-state index contributed by atoms with van der Waals surface area (Å²) in [5, 5.41) is 0. The summed E-state index contributed by atoms with van der Waals surface area (Å²) in [6, 6.07) is 9.51. The van der Waals surface area contributed by atoms with E-state index in [4.69, 9.17) is 0 Å². The molecule has 0 fully saturated rings. The summed E-state index contributed by atoms with van der Waals surface area (Å²) in [7, 11) is 0. The predicted molar refractivity (Wildman–Crippen MR) is 67.8 cm³/mol. The van der Waals surface area contributed by atoms with E-state index in [0.29, 0.717) is 0 Å². The second kappa shape index (κ2) is 5.26. The number of hydrogen-bond acceptors (Lipinski definition) is 2. The average Bonchev–Trinajstić information content (AvgIpc) is 2.30. The van der Waals surface area contributed by atoms with Crippen LogP contribution in [0, 0.1) is 0 Å². The first-order valence-corrected chi connectivity index (χ1v) is 5.89. The lowest BCUT2D eigenvalue weighted by atomic mass is 9.91. The molecule has 2 nitrogen and oxygen atoms in total. The molecule has 1 aromatic rings. The standard InChI is InChI=1S/C14H21NO/c1-5-15(6-2)14(3,4)13(16)12-10-8-7-9-11-12/h7-11H,5-6H2,1-4H3. The van der Waals surface area contributed by atoms with Gasteiger partial charge in [-0.25, -0.2) is 0 Å². The molecule has 0 N–H and O–H groups in total. The quantitative estimate of drug-likeness (QED) is 0.710. The molecule has 0 aromatic heterocycles. The molecule has 0 amide bonds. The Kier molecular flexibility index (Phi) is 4.25. The highest BCUT2D eigenvalue weighted by atomic mass is 16.1. The maximum Gasteiger partial charge on any atom is 0.182 e. The molecule has 0 radical (unpaired) electrons. The van der Waals surface area contributed by atoms with Crippen LogP contribution >= 0.6 is 0 Å². The van der Waals surface area contributed by atoms with Crippen LogP contribution in [0.3, 0.4) is 0 Å². The highest BCUT2D eigenvalue weighted by Gasteiger charge is 2.33. The summed E-state index contributed by atoms with van der Waals surface area (Å²) in [5.41, 5.74) is 0.365. The number of carbonyl (C=O) groups is 1. The summed E-state index contributed by atoms with van der Waals surface area (Å²) in [6.07, 6.45) is 0. The molecule has 0 aliphatic carbocycles. The Bertz CT molecular complexity index is 339. The molecule has 0 aliphatic rings. The minimum absolute atomic E-state index is 0.191. The number of carbonyl (C=O) groups excluding carboxylic acids is 1. The van der Waals surface area contributed by atoms with Crippen molar-refractivity contribution in [1.82, 2.24) is 4.90 Å². The van der Waals surface area contributed by atoms with Crippen LogP contribution in [0.4, 0.5) is 0 Å². The number of hydrogen-bond donors (Lipinski definition) is 0. The normalized spacial score (nSPS) is 11.8. The molecule has 0 heterocycles. The lowest BCUT2D eigenvalue weighted by Gasteiger charge is -2.35. The molecular formula is C14H21NO. The maximum atomic E-state index is 12.4. The van der Waals surface area contributed by atoms with Crippen LogP contribution in [0.1, 0.15) is 38.1 Å². The molecule has 0 saturated carbocycles. The SMILES string of the molecule is CCN(CC)C(C)(C)C(=O)c1ccccc1. The van der Waals surface area contributed by atoms with E-state index < -0.39 is 5.54 Å². The van der Waals surface area contributed by atoms with Gasteiger partial charge in [-0.1, -0.05) is 44.2 Å². The number of likely N-dealkylation sites (N-methyl/N-ethyl adjacent to an activating group) is 1. The summed E-state index contributed by atoms with van der Waals surface area (Å²) in [5.74, 6) is 0.191. The lowest BCUT2D eigenvalue weighted by molar-refractivity contribution is 0.0669. The molecule has 0 atom stereocenters. The number of rotatable bonds is 5. The average molecular weight is 219 g/mol. The van der Waals surface area contributed by atoms with Crippen LogP contribution in [-0.4, -0.2) is 29.3 Å². The van der Waals surface area contributed by atoms with Crippen LogP contribution in [0.15, 0.2) is 30.3 Å². The zero-order chi connectivity index (χ0) is 12.2. The molecule has 2 heteroatoms. The first-order valence-electron chi connectivity index (χ1n) is 5.89. The van der Waals surface area contributed by atoms with Gasteiger partial charge in [-0.2, -0.15) is 0 Å². The number of ketones is 1. The third-order valence-electron chi connectivity index (χ3n) is 3.15. The van der Waals surface area contributed by atoms with Gasteiger partial charge in [0.15, 0.2) is 5.78 Å². The molecule has 0 bridgehead atoms. The van der Waals surface area contributed by atoms with Crippen LogP contribution in [-0.2, 0) is 0 Å². The van der Waals surface area contributed by atoms with Gasteiger partial charge in [-0.05, 0) is 26.9 Å². The fraction of sp³-hybridized carbons (Fsp3) is 0.500. The van der Waals surface area contributed by atoms with Crippen molar-refractivity contribution in [2.45, 2.75) is 33.2 Å². The Morgan fingerprint density at radius 1 is 1.12 bits per heavy atom. The van der Waals surface area contributed by atoms with Crippen molar-refractivity contribution in [3.05, 3.63) is 35.9 Å². The summed E-state index contributed by atoms with van der Waals surface area (Å²) >= 11 is 0. The van der Waals surface area contributed by atoms with Gasteiger partial charge in [0.25, 0.3) is 0 Å². The predicted octanol–water partition coefficient (Wildman–Crippen LogP) is 2.99. The van der Waals surface area contributed by atoms with Gasteiger partial charge in [0.2, 0.25) is 0 Å². The molecule has 88 valence electrons. The first-order chi connectivity index (χ1) is 7.54. The fourth-order valence-electron chi connectivity index (χ4n) is 2.10. The Morgan fingerprint density at radius 2 is 1.62 bits per heavy atom. The monoisotopic (exact) mass is 219 g/mol. The molecule has 1 aromatic carbocycles. The van der Waals surface area contributed by atoms with E-state index >= 15 is 0 Å². The number of Topliss-reactive ketones (excluding diaryl/α,β-unsaturated/α-hetero) is 1. The smallest absolute Gasteiger partial charge is 0.182 e. The molecular weight excluding hydrogens is 198 g/mol. The van der Waals surface area contributed by atoms with Crippen LogP contribution < -0.4 is 0 Å². The molecule has 0 aliphatic heterocycles. The van der Waals surface area contributed by atoms with E-state index in [9.17, 15) is 4.79 Å². The highest BCUT2D eigenvalue weighted by Crippen LogP contribution is 2.20. The zero-order valence-corrected chi connectivity index (χ0v) is 10.7. The van der Waals surface area contributed by atoms with Gasteiger partial charge in [0.1, 0.15) is 0 Å². The van der Waals surface area contributed by atoms with Gasteiger partial charge in [0.05, 0.1) is 5.54 Å². The third-order valence-corrected chi connectivity index (χ3v) is 3.15. The highest BCUT2D eigenvalue weighted by molar-refractivity contribution is 6.02. The lowest BCUT2D eigenvalue weighted by Crippen LogP contribution is -2.49. The second-order valence-corrected chi connectivity index (χ2v) is 4.43. The molecule has 0 unspecified atom stereocenters. The first kappa shape index (κ1) is 12.9. The van der Waals surface area contributed by atoms with Crippen LogP contribution in [0.2, 0.25) is 0 Å². The van der Waals surface area contributed by atoms with Crippen LogP contribution in [0.25, 0.3) is 0 Å². The third kappa shape index (κ3) is 2.50. The van der Waals surface area contributed by atoms with Gasteiger partial charge in [-0.3, -0.25) is 9.69 Å². The maximum absolute atomic E-state index is 12.4. The minimum atomic E-state index is -0.426. The van der Waals surface area contributed by atoms with E-state index in [1.54, 1.807) is 0 Å². The largest absolute Gasteiger partial charge is 0.292 e. The Labute approximate surface area is 98.3 Å². The van der Waals surface area contributed by atoms with Crippen molar-refractivity contribution < 1.29 is 4.79 Å². The summed E-state index contributed by atoms with van der Waals surface area (Å²) in [6.45, 7) is 9.95. The number of nitrogens with zero attached hydrogens (tertiary/aromatic N) is 1. The van der Waals surface area contributed by atoms with E-state index in [0.717, 1.165) is 18.7 Å². The van der Waals surface area contributed by atoms with Crippen molar-refractivity contribution in [3.63, 3.8) is 0 Å². The topological polar surface area (TPSA) is 20.3 Å².